The minimum absolute atomic E-state index is 1.08. The minimum atomic E-state index is 1.08. The van der Waals surface area contributed by atoms with Crippen molar-refractivity contribution in [3.63, 3.8) is 0 Å². The maximum absolute atomic E-state index is 2.58. The number of rotatable bonds is 5. The Labute approximate surface area is 148 Å². The summed E-state index contributed by atoms with van der Waals surface area (Å²) in [6, 6.07) is 17.8. The van der Waals surface area contributed by atoms with Crippen LogP contribution in [0.4, 0.5) is 0 Å². The Balaban J connectivity index is 1.65. The first-order chi connectivity index (χ1) is 11.8. The van der Waals surface area contributed by atoms with Crippen LogP contribution in [0.1, 0.15) is 12.8 Å². The third kappa shape index (κ3) is 3.11. The van der Waals surface area contributed by atoms with Crippen LogP contribution in [0, 0.1) is 0 Å². The average Bonchev–Trinajstić information content (AvgIpc) is 3.29. The molecule has 2 nitrogen and oxygen atoms in total. The zero-order valence-corrected chi connectivity index (χ0v) is 15.1. The highest BCUT2D eigenvalue weighted by atomic mass is 32.2. The maximum atomic E-state index is 2.58. The molecule has 1 fully saturated rings. The van der Waals surface area contributed by atoms with Gasteiger partial charge in [-0.2, -0.15) is 0 Å². The summed E-state index contributed by atoms with van der Waals surface area (Å²) in [5, 5.41) is 1.36. The fourth-order valence-corrected chi connectivity index (χ4v) is 4.18. The summed E-state index contributed by atoms with van der Waals surface area (Å²) in [6.07, 6.45) is 7.11. The number of benzene rings is 2. The van der Waals surface area contributed by atoms with Gasteiger partial charge >= 0.3 is 0 Å². The van der Waals surface area contributed by atoms with Crippen LogP contribution >= 0.6 is 11.8 Å². The predicted octanol–water partition coefficient (Wildman–Crippen LogP) is 5.13. The van der Waals surface area contributed by atoms with Gasteiger partial charge in [-0.1, -0.05) is 24.3 Å². The Bertz CT molecular complexity index is 831. The first-order valence-electron chi connectivity index (χ1n) is 8.80. The molecule has 0 saturated carbocycles. The zero-order chi connectivity index (χ0) is 16.4. The Morgan fingerprint density at radius 3 is 2.62 bits per heavy atom. The van der Waals surface area contributed by atoms with E-state index in [0.717, 1.165) is 13.1 Å². The number of hydrogen-bond acceptors (Lipinski definition) is 2. The van der Waals surface area contributed by atoms with Crippen LogP contribution in [0.15, 0.2) is 59.6 Å². The van der Waals surface area contributed by atoms with E-state index in [1.807, 2.05) is 0 Å². The lowest BCUT2D eigenvalue weighted by molar-refractivity contribution is 0.324. The smallest absolute Gasteiger partial charge is 0.0486 e. The molecule has 1 aromatic heterocycles. The molecular weight excluding hydrogens is 312 g/mol. The number of aromatic nitrogens is 1. The summed E-state index contributed by atoms with van der Waals surface area (Å²) in [4.78, 5) is 3.90. The average molecular weight is 337 g/mol. The Morgan fingerprint density at radius 1 is 0.958 bits per heavy atom. The third-order valence-corrected chi connectivity index (χ3v) is 5.78. The molecule has 0 aliphatic carbocycles. The molecule has 0 spiro atoms. The quantitative estimate of drug-likeness (QED) is 0.597. The molecule has 1 aliphatic heterocycles. The summed E-state index contributed by atoms with van der Waals surface area (Å²) in [5.41, 5.74) is 3.99. The van der Waals surface area contributed by atoms with E-state index in [1.54, 1.807) is 11.8 Å². The molecule has 2 heterocycles. The van der Waals surface area contributed by atoms with Gasteiger partial charge in [0.25, 0.3) is 0 Å². The summed E-state index contributed by atoms with van der Waals surface area (Å²) < 4.78 is 2.41. The van der Waals surface area contributed by atoms with Gasteiger partial charge in [0.2, 0.25) is 0 Å². The molecule has 0 atom stereocenters. The molecule has 1 aliphatic rings. The molecule has 24 heavy (non-hydrogen) atoms. The van der Waals surface area contributed by atoms with Gasteiger partial charge in [0, 0.05) is 35.1 Å². The van der Waals surface area contributed by atoms with E-state index in [1.165, 1.54) is 52.9 Å². The molecule has 0 unspecified atom stereocenters. The minimum Gasteiger partial charge on any atom is -0.346 e. The molecule has 0 bridgehead atoms. The summed E-state index contributed by atoms with van der Waals surface area (Å²) in [7, 11) is 0. The van der Waals surface area contributed by atoms with Crippen molar-refractivity contribution in [2.45, 2.75) is 24.3 Å². The van der Waals surface area contributed by atoms with Crippen molar-refractivity contribution >= 4 is 22.7 Å². The third-order valence-electron chi connectivity index (χ3n) is 5.05. The van der Waals surface area contributed by atoms with Gasteiger partial charge in [0.05, 0.1) is 0 Å². The van der Waals surface area contributed by atoms with Crippen LogP contribution in [0.5, 0.6) is 0 Å². The number of thioether (sulfide) groups is 1. The SMILES string of the molecule is CSc1cccc(-c2cccc3c2ccn3CCN2CCCC2)c1. The molecule has 0 radical (unpaired) electrons. The van der Waals surface area contributed by atoms with Crippen LogP contribution in [0.25, 0.3) is 22.0 Å². The topological polar surface area (TPSA) is 8.17 Å². The lowest BCUT2D eigenvalue weighted by atomic mass is 10.0. The zero-order valence-electron chi connectivity index (χ0n) is 14.2. The summed E-state index contributed by atoms with van der Waals surface area (Å²) in [5.74, 6) is 0. The molecule has 1 saturated heterocycles. The predicted molar refractivity (Wildman–Crippen MR) is 105 cm³/mol. The lowest BCUT2D eigenvalue weighted by Crippen LogP contribution is -2.23. The molecular formula is C21H24N2S. The monoisotopic (exact) mass is 336 g/mol. The van der Waals surface area contributed by atoms with E-state index in [0.29, 0.717) is 0 Å². The Morgan fingerprint density at radius 2 is 1.79 bits per heavy atom. The number of fused-ring (bicyclic) bond motifs is 1. The van der Waals surface area contributed by atoms with Crippen LogP contribution in [0.3, 0.4) is 0 Å². The van der Waals surface area contributed by atoms with Crippen LogP contribution in [0.2, 0.25) is 0 Å². The second-order valence-corrected chi connectivity index (χ2v) is 7.41. The highest BCUT2D eigenvalue weighted by molar-refractivity contribution is 7.98. The highest BCUT2D eigenvalue weighted by Gasteiger charge is 2.12. The second kappa shape index (κ2) is 7.04. The molecule has 0 amide bonds. The van der Waals surface area contributed by atoms with Gasteiger partial charge < -0.3 is 9.47 Å². The summed E-state index contributed by atoms with van der Waals surface area (Å²) in [6.45, 7) is 4.78. The molecule has 4 rings (SSSR count). The van der Waals surface area contributed by atoms with Crippen LogP contribution in [-0.4, -0.2) is 35.4 Å². The fraction of sp³-hybridized carbons (Fsp3) is 0.333. The van der Waals surface area contributed by atoms with Crippen molar-refractivity contribution in [2.24, 2.45) is 0 Å². The van der Waals surface area contributed by atoms with E-state index in [4.69, 9.17) is 0 Å². The largest absolute Gasteiger partial charge is 0.346 e. The van der Waals surface area contributed by atoms with Crippen LogP contribution in [-0.2, 0) is 6.54 Å². The van der Waals surface area contributed by atoms with Crippen molar-refractivity contribution in [3.8, 4) is 11.1 Å². The Kier molecular flexibility index (Phi) is 4.63. The normalized spacial score (nSPS) is 15.4. The number of likely N-dealkylation sites (tertiary alicyclic amines) is 1. The van der Waals surface area contributed by atoms with Gasteiger partial charge in [0.15, 0.2) is 0 Å². The van der Waals surface area contributed by atoms with Gasteiger partial charge in [0.1, 0.15) is 0 Å². The van der Waals surface area contributed by atoms with Crippen molar-refractivity contribution in [1.29, 1.82) is 0 Å². The highest BCUT2D eigenvalue weighted by Crippen LogP contribution is 2.31. The molecule has 3 heteroatoms. The maximum Gasteiger partial charge on any atom is 0.0486 e. The number of nitrogens with zero attached hydrogens (tertiary/aromatic N) is 2. The van der Waals surface area contributed by atoms with E-state index >= 15 is 0 Å². The van der Waals surface area contributed by atoms with Gasteiger partial charge in [-0.25, -0.2) is 0 Å². The van der Waals surface area contributed by atoms with Crippen molar-refractivity contribution in [1.82, 2.24) is 9.47 Å². The van der Waals surface area contributed by atoms with Crippen molar-refractivity contribution in [3.05, 3.63) is 54.7 Å². The van der Waals surface area contributed by atoms with Crippen LogP contribution < -0.4 is 0 Å². The van der Waals surface area contributed by atoms with Crippen molar-refractivity contribution < 1.29 is 0 Å². The number of hydrogen-bond donors (Lipinski definition) is 0. The second-order valence-electron chi connectivity index (χ2n) is 6.53. The van der Waals surface area contributed by atoms with E-state index < -0.39 is 0 Å². The molecule has 2 aromatic carbocycles. The van der Waals surface area contributed by atoms with Gasteiger partial charge in [-0.3, -0.25) is 0 Å². The van der Waals surface area contributed by atoms with Gasteiger partial charge in [-0.15, -0.1) is 11.8 Å². The van der Waals surface area contributed by atoms with E-state index in [-0.39, 0.29) is 0 Å². The van der Waals surface area contributed by atoms with Crippen molar-refractivity contribution in [2.75, 3.05) is 25.9 Å². The summed E-state index contributed by atoms with van der Waals surface area (Å²) >= 11 is 1.80. The molecule has 0 N–H and O–H groups in total. The Hall–Kier alpha value is -1.71. The van der Waals surface area contributed by atoms with E-state index in [2.05, 4.69) is 70.5 Å². The van der Waals surface area contributed by atoms with Gasteiger partial charge in [-0.05, 0) is 67.6 Å². The fourth-order valence-electron chi connectivity index (χ4n) is 3.72. The molecule has 3 aromatic rings. The lowest BCUT2D eigenvalue weighted by Gasteiger charge is -2.15. The first kappa shape index (κ1) is 15.8. The standard InChI is InChI=1S/C21H24N2S/c1-24-18-7-4-6-17(16-18)19-8-5-9-21-20(19)10-13-23(21)15-14-22-11-2-3-12-22/h4-10,13,16H,2-3,11-12,14-15H2,1H3. The first-order valence-corrected chi connectivity index (χ1v) is 10.0. The molecule has 124 valence electrons. The van der Waals surface area contributed by atoms with E-state index in [9.17, 15) is 0 Å².